The minimum atomic E-state index is 0. The summed E-state index contributed by atoms with van der Waals surface area (Å²) >= 11 is 0. The van der Waals surface area contributed by atoms with Crippen LogP contribution in [0, 0.1) is 5.41 Å². The summed E-state index contributed by atoms with van der Waals surface area (Å²) in [5.74, 6) is 0. The van der Waals surface area contributed by atoms with Crippen molar-refractivity contribution in [2.45, 2.75) is 26.2 Å². The summed E-state index contributed by atoms with van der Waals surface area (Å²) in [6.07, 6.45) is 3.84. The molecule has 0 saturated carbocycles. The number of nitrogens with zero attached hydrogens (tertiary/aromatic N) is 1. The minimum absolute atomic E-state index is 0. The van der Waals surface area contributed by atoms with E-state index in [1.165, 1.54) is 32.4 Å². The lowest BCUT2D eigenvalue weighted by Gasteiger charge is -2.37. The van der Waals surface area contributed by atoms with Crippen LogP contribution in [-0.2, 0) is 0 Å². The Morgan fingerprint density at radius 3 is 2.08 bits per heavy atom. The van der Waals surface area contributed by atoms with Gasteiger partial charge in [-0.3, -0.25) is 0 Å². The molecule has 1 aliphatic rings. The van der Waals surface area contributed by atoms with Crippen LogP contribution in [0.25, 0.3) is 0 Å². The predicted molar refractivity (Wildman–Crippen MR) is 63.0 cm³/mol. The molecule has 82 valence electrons. The lowest BCUT2D eigenvalue weighted by molar-refractivity contribution is 0.132. The second-order valence-corrected chi connectivity index (χ2v) is 4.15. The van der Waals surface area contributed by atoms with E-state index in [-0.39, 0.29) is 24.8 Å². The molecule has 0 aromatic rings. The quantitative estimate of drug-likeness (QED) is 0.783. The van der Waals surface area contributed by atoms with Crippen LogP contribution in [0.2, 0.25) is 0 Å². The van der Waals surface area contributed by atoms with Crippen LogP contribution < -0.4 is 5.73 Å². The summed E-state index contributed by atoms with van der Waals surface area (Å²) < 4.78 is 0. The largest absolute Gasteiger partial charge is 0.330 e. The molecule has 0 atom stereocenters. The lowest BCUT2D eigenvalue weighted by Crippen LogP contribution is -2.37. The highest BCUT2D eigenvalue weighted by molar-refractivity contribution is 5.85. The van der Waals surface area contributed by atoms with Gasteiger partial charge in [0.1, 0.15) is 0 Å². The molecule has 1 rings (SSSR count). The third kappa shape index (κ3) is 5.06. The molecule has 0 radical (unpaired) electrons. The van der Waals surface area contributed by atoms with E-state index in [0.717, 1.165) is 6.54 Å². The van der Waals surface area contributed by atoms with Gasteiger partial charge >= 0.3 is 0 Å². The molecule has 1 saturated heterocycles. The maximum absolute atomic E-state index is 5.57. The molecule has 1 aliphatic heterocycles. The molecule has 0 spiro atoms. The van der Waals surface area contributed by atoms with E-state index in [1.54, 1.807) is 0 Å². The maximum atomic E-state index is 5.57. The van der Waals surface area contributed by atoms with Crippen LogP contribution in [0.5, 0.6) is 0 Å². The van der Waals surface area contributed by atoms with Gasteiger partial charge in [0.15, 0.2) is 0 Å². The molecule has 1 fully saturated rings. The van der Waals surface area contributed by atoms with E-state index in [9.17, 15) is 0 Å². The van der Waals surface area contributed by atoms with E-state index in [2.05, 4.69) is 18.9 Å². The lowest BCUT2D eigenvalue weighted by atomic mass is 9.78. The monoisotopic (exact) mass is 228 g/mol. The highest BCUT2D eigenvalue weighted by Crippen LogP contribution is 2.32. The Bertz CT molecular complexity index is 123. The number of halogens is 2. The molecule has 0 bridgehead atoms. The third-order valence-electron chi connectivity index (χ3n) is 2.94. The molecule has 0 aromatic carbocycles. The summed E-state index contributed by atoms with van der Waals surface area (Å²) in [5.41, 5.74) is 6.11. The van der Waals surface area contributed by atoms with Gasteiger partial charge in [-0.2, -0.15) is 0 Å². The molecule has 0 unspecified atom stereocenters. The van der Waals surface area contributed by atoms with Gasteiger partial charge in [-0.1, -0.05) is 6.92 Å². The normalized spacial score (nSPS) is 21.5. The first-order valence-corrected chi connectivity index (χ1v) is 4.55. The molecule has 4 heteroatoms. The van der Waals surface area contributed by atoms with Gasteiger partial charge < -0.3 is 10.6 Å². The molecule has 1 heterocycles. The number of hydrogen-bond donors (Lipinski definition) is 1. The van der Waals surface area contributed by atoms with Crippen molar-refractivity contribution in [2.75, 3.05) is 26.7 Å². The highest BCUT2D eigenvalue weighted by Gasteiger charge is 2.27. The third-order valence-corrected chi connectivity index (χ3v) is 2.94. The Labute approximate surface area is 94.1 Å². The van der Waals surface area contributed by atoms with Gasteiger partial charge in [0, 0.05) is 0 Å². The first kappa shape index (κ1) is 15.9. The average molecular weight is 229 g/mol. The molecular formula is C9H22Cl2N2. The van der Waals surface area contributed by atoms with Gasteiger partial charge in [-0.05, 0) is 51.4 Å². The van der Waals surface area contributed by atoms with Crippen LogP contribution in [-0.4, -0.2) is 31.6 Å². The van der Waals surface area contributed by atoms with Gasteiger partial charge in [0.2, 0.25) is 0 Å². The number of rotatable bonds is 2. The first-order valence-electron chi connectivity index (χ1n) is 4.55. The van der Waals surface area contributed by atoms with Crippen molar-refractivity contribution in [1.82, 2.24) is 4.90 Å². The van der Waals surface area contributed by atoms with Gasteiger partial charge in [-0.25, -0.2) is 0 Å². The SMILES string of the molecule is CN1CCC(C)(CCN)CC1.Cl.Cl. The second-order valence-electron chi connectivity index (χ2n) is 4.15. The Morgan fingerprint density at radius 2 is 1.69 bits per heavy atom. The zero-order valence-corrected chi connectivity index (χ0v) is 10.2. The van der Waals surface area contributed by atoms with E-state index in [1.807, 2.05) is 0 Å². The zero-order valence-electron chi connectivity index (χ0n) is 8.58. The number of nitrogens with two attached hydrogens (primary N) is 1. The predicted octanol–water partition coefficient (Wildman–Crippen LogP) is 1.91. The Morgan fingerprint density at radius 1 is 1.23 bits per heavy atom. The van der Waals surface area contributed by atoms with Gasteiger partial charge in [-0.15, -0.1) is 24.8 Å². The smallest absolute Gasteiger partial charge is 0.00166 e. The van der Waals surface area contributed by atoms with Crippen LogP contribution in [0.4, 0.5) is 0 Å². The summed E-state index contributed by atoms with van der Waals surface area (Å²) in [7, 11) is 2.20. The number of piperidine rings is 1. The zero-order chi connectivity index (χ0) is 8.32. The van der Waals surface area contributed by atoms with Crippen molar-refractivity contribution in [3.05, 3.63) is 0 Å². The molecule has 2 N–H and O–H groups in total. The minimum Gasteiger partial charge on any atom is -0.330 e. The average Bonchev–Trinajstić information content (AvgIpc) is 1.97. The Kier molecular flexibility index (Phi) is 8.44. The second kappa shape index (κ2) is 6.88. The standard InChI is InChI=1S/C9H20N2.2ClH/c1-9(3-6-10)4-7-11(2)8-5-9;;/h3-8,10H2,1-2H3;2*1H. The van der Waals surface area contributed by atoms with Gasteiger partial charge in [0.05, 0.1) is 0 Å². The Hall–Kier alpha value is 0.500. The molecule has 0 aromatic heterocycles. The first-order chi connectivity index (χ1) is 5.16. The van der Waals surface area contributed by atoms with Crippen molar-refractivity contribution in [1.29, 1.82) is 0 Å². The highest BCUT2D eigenvalue weighted by atomic mass is 35.5. The van der Waals surface area contributed by atoms with Crippen molar-refractivity contribution in [3.8, 4) is 0 Å². The maximum Gasteiger partial charge on any atom is -0.00166 e. The Balaban J connectivity index is 0. The van der Waals surface area contributed by atoms with Crippen molar-refractivity contribution < 1.29 is 0 Å². The summed E-state index contributed by atoms with van der Waals surface area (Å²) in [5, 5.41) is 0. The van der Waals surface area contributed by atoms with Crippen LogP contribution in [0.1, 0.15) is 26.2 Å². The molecular weight excluding hydrogens is 207 g/mol. The van der Waals surface area contributed by atoms with Gasteiger partial charge in [0.25, 0.3) is 0 Å². The summed E-state index contributed by atoms with van der Waals surface area (Å²) in [6, 6.07) is 0. The molecule has 2 nitrogen and oxygen atoms in total. The summed E-state index contributed by atoms with van der Waals surface area (Å²) in [6.45, 7) is 5.71. The van der Waals surface area contributed by atoms with Crippen LogP contribution >= 0.6 is 24.8 Å². The topological polar surface area (TPSA) is 29.3 Å². The summed E-state index contributed by atoms with van der Waals surface area (Å²) in [4.78, 5) is 2.40. The van der Waals surface area contributed by atoms with Crippen molar-refractivity contribution in [3.63, 3.8) is 0 Å². The fourth-order valence-electron chi connectivity index (χ4n) is 1.76. The van der Waals surface area contributed by atoms with E-state index < -0.39 is 0 Å². The van der Waals surface area contributed by atoms with E-state index in [0.29, 0.717) is 5.41 Å². The fourth-order valence-corrected chi connectivity index (χ4v) is 1.76. The van der Waals surface area contributed by atoms with E-state index in [4.69, 9.17) is 5.73 Å². The van der Waals surface area contributed by atoms with Crippen LogP contribution in [0.15, 0.2) is 0 Å². The molecule has 0 amide bonds. The van der Waals surface area contributed by atoms with Crippen LogP contribution in [0.3, 0.4) is 0 Å². The molecule has 13 heavy (non-hydrogen) atoms. The number of likely N-dealkylation sites (tertiary alicyclic amines) is 1. The fraction of sp³-hybridized carbons (Fsp3) is 1.00. The van der Waals surface area contributed by atoms with Crippen molar-refractivity contribution in [2.24, 2.45) is 11.1 Å². The number of hydrogen-bond acceptors (Lipinski definition) is 2. The van der Waals surface area contributed by atoms with E-state index >= 15 is 0 Å². The molecule has 0 aliphatic carbocycles. The van der Waals surface area contributed by atoms with Crippen molar-refractivity contribution >= 4 is 24.8 Å².